The number of rotatable bonds is 2. The summed E-state index contributed by atoms with van der Waals surface area (Å²) in [5, 5.41) is 2.38. The highest BCUT2D eigenvalue weighted by Gasteiger charge is 2.19. The molecule has 0 spiro atoms. The van der Waals surface area contributed by atoms with E-state index < -0.39 is 23.1 Å². The fraction of sp³-hybridized carbons (Fsp3) is 0.0769. The molecule has 104 valence electrons. The van der Waals surface area contributed by atoms with Crippen LogP contribution in [-0.4, -0.2) is 10.9 Å². The first-order chi connectivity index (χ1) is 9.40. The number of nitrogen functional groups attached to an aromatic ring is 1. The Kier molecular flexibility index (Phi) is 3.99. The van der Waals surface area contributed by atoms with Crippen LogP contribution in [0.25, 0.3) is 0 Å². The minimum atomic E-state index is -1.08. The smallest absolute Gasteiger partial charge is 0.261 e. The van der Waals surface area contributed by atoms with Crippen LogP contribution in [-0.2, 0) is 0 Å². The Bertz CT molecular complexity index is 692. The van der Waals surface area contributed by atoms with Crippen LogP contribution in [0.1, 0.15) is 15.9 Å². The molecule has 0 fully saturated rings. The highest BCUT2D eigenvalue weighted by atomic mass is 79.9. The summed E-state index contributed by atoms with van der Waals surface area (Å²) in [4.78, 5) is 15.9. The van der Waals surface area contributed by atoms with Crippen LogP contribution in [0, 0.1) is 18.6 Å². The van der Waals surface area contributed by atoms with Crippen LogP contribution in [0.5, 0.6) is 0 Å². The summed E-state index contributed by atoms with van der Waals surface area (Å²) in [7, 11) is 0. The van der Waals surface area contributed by atoms with E-state index >= 15 is 0 Å². The van der Waals surface area contributed by atoms with Crippen molar-refractivity contribution in [2.75, 3.05) is 11.1 Å². The van der Waals surface area contributed by atoms with Crippen molar-refractivity contribution in [3.8, 4) is 0 Å². The van der Waals surface area contributed by atoms with E-state index in [1.165, 1.54) is 6.20 Å². The zero-order valence-electron chi connectivity index (χ0n) is 10.4. The van der Waals surface area contributed by atoms with Gasteiger partial charge in [-0.05, 0) is 46.6 Å². The summed E-state index contributed by atoms with van der Waals surface area (Å²) in [5.74, 6) is -2.98. The van der Waals surface area contributed by atoms with E-state index in [0.717, 1.165) is 17.7 Å². The lowest BCUT2D eigenvalue weighted by molar-refractivity contribution is 0.101. The number of hydrogen-bond donors (Lipinski definition) is 2. The van der Waals surface area contributed by atoms with Crippen LogP contribution in [0.2, 0.25) is 0 Å². The Morgan fingerprint density at radius 1 is 1.40 bits per heavy atom. The molecule has 1 amide bonds. The topological polar surface area (TPSA) is 68.0 Å². The number of nitrogens with two attached hydrogens (primary N) is 1. The first kappa shape index (κ1) is 14.4. The minimum absolute atomic E-state index is 0.290. The zero-order chi connectivity index (χ0) is 14.9. The lowest BCUT2D eigenvalue weighted by Crippen LogP contribution is -2.17. The molecular weight excluding hydrogens is 332 g/mol. The van der Waals surface area contributed by atoms with Gasteiger partial charge in [0.1, 0.15) is 16.0 Å². The SMILES string of the molecule is Cc1cc(NC(=O)c2c(F)ccc(N)c2F)cnc1Br. The van der Waals surface area contributed by atoms with Crippen molar-refractivity contribution in [1.82, 2.24) is 4.98 Å². The Hall–Kier alpha value is -2.02. The summed E-state index contributed by atoms with van der Waals surface area (Å²) in [6.07, 6.45) is 1.37. The van der Waals surface area contributed by atoms with E-state index in [0.29, 0.717) is 10.3 Å². The number of halogens is 3. The van der Waals surface area contributed by atoms with E-state index in [1.807, 2.05) is 0 Å². The molecule has 1 heterocycles. The molecule has 0 saturated carbocycles. The standard InChI is InChI=1S/C13H10BrF2N3O/c1-6-4-7(5-18-12(6)14)19-13(20)10-8(15)2-3-9(17)11(10)16/h2-5H,17H2,1H3,(H,19,20). The fourth-order valence-electron chi connectivity index (χ4n) is 1.60. The molecule has 0 aliphatic heterocycles. The fourth-order valence-corrected chi connectivity index (χ4v) is 1.81. The summed E-state index contributed by atoms with van der Waals surface area (Å²) in [6.45, 7) is 1.77. The lowest BCUT2D eigenvalue weighted by atomic mass is 10.1. The van der Waals surface area contributed by atoms with E-state index in [9.17, 15) is 13.6 Å². The number of hydrogen-bond acceptors (Lipinski definition) is 3. The predicted molar refractivity (Wildman–Crippen MR) is 75.4 cm³/mol. The van der Waals surface area contributed by atoms with E-state index in [-0.39, 0.29) is 5.69 Å². The molecule has 0 radical (unpaired) electrons. The summed E-state index contributed by atoms with van der Waals surface area (Å²) >= 11 is 3.21. The quantitative estimate of drug-likeness (QED) is 0.650. The second-order valence-electron chi connectivity index (χ2n) is 4.11. The van der Waals surface area contributed by atoms with Gasteiger partial charge in [0.2, 0.25) is 0 Å². The van der Waals surface area contributed by atoms with Crippen molar-refractivity contribution in [1.29, 1.82) is 0 Å². The molecule has 0 atom stereocenters. The molecular formula is C13H10BrF2N3O. The number of carbonyl (C=O) groups excluding carboxylic acids is 1. The number of carbonyl (C=O) groups is 1. The third kappa shape index (κ3) is 2.77. The number of nitrogens with one attached hydrogen (secondary N) is 1. The van der Waals surface area contributed by atoms with Crippen molar-refractivity contribution in [3.05, 3.63) is 51.8 Å². The molecule has 0 aliphatic rings. The van der Waals surface area contributed by atoms with Crippen LogP contribution >= 0.6 is 15.9 Å². The van der Waals surface area contributed by atoms with Crippen molar-refractivity contribution in [2.45, 2.75) is 6.92 Å². The molecule has 7 heteroatoms. The first-order valence-electron chi connectivity index (χ1n) is 5.57. The predicted octanol–water partition coefficient (Wildman–Crippen LogP) is 3.27. The van der Waals surface area contributed by atoms with Gasteiger partial charge in [0.15, 0.2) is 5.82 Å². The summed E-state index contributed by atoms with van der Waals surface area (Å²) in [5.41, 5.74) is 5.42. The third-order valence-corrected chi connectivity index (χ3v) is 3.45. The maximum Gasteiger partial charge on any atom is 0.261 e. The van der Waals surface area contributed by atoms with Gasteiger partial charge in [0, 0.05) is 0 Å². The Morgan fingerprint density at radius 3 is 2.75 bits per heavy atom. The molecule has 3 N–H and O–H groups in total. The first-order valence-corrected chi connectivity index (χ1v) is 6.36. The Labute approximate surface area is 122 Å². The molecule has 20 heavy (non-hydrogen) atoms. The third-order valence-electron chi connectivity index (χ3n) is 2.62. The van der Waals surface area contributed by atoms with Gasteiger partial charge in [0.25, 0.3) is 5.91 Å². The average Bonchev–Trinajstić information content (AvgIpc) is 2.39. The van der Waals surface area contributed by atoms with Gasteiger partial charge in [-0.3, -0.25) is 4.79 Å². The maximum atomic E-state index is 13.7. The Balaban J connectivity index is 2.33. The second-order valence-corrected chi connectivity index (χ2v) is 4.86. The largest absolute Gasteiger partial charge is 0.396 e. The molecule has 0 aliphatic carbocycles. The number of amides is 1. The van der Waals surface area contributed by atoms with E-state index in [2.05, 4.69) is 26.2 Å². The summed E-state index contributed by atoms with van der Waals surface area (Å²) in [6, 6.07) is 3.63. The molecule has 2 aromatic rings. The van der Waals surface area contributed by atoms with Gasteiger partial charge in [0.05, 0.1) is 17.6 Å². The minimum Gasteiger partial charge on any atom is -0.396 e. The second kappa shape index (κ2) is 5.54. The number of nitrogens with zero attached hydrogens (tertiary/aromatic N) is 1. The molecule has 0 saturated heterocycles. The highest BCUT2D eigenvalue weighted by molar-refractivity contribution is 9.10. The van der Waals surface area contributed by atoms with Gasteiger partial charge in [-0.2, -0.15) is 0 Å². The van der Waals surface area contributed by atoms with E-state index in [4.69, 9.17) is 5.73 Å². The van der Waals surface area contributed by atoms with Gasteiger partial charge in [-0.25, -0.2) is 13.8 Å². The van der Waals surface area contributed by atoms with E-state index in [1.54, 1.807) is 13.0 Å². The average molecular weight is 342 g/mol. The van der Waals surface area contributed by atoms with Crippen LogP contribution in [0.3, 0.4) is 0 Å². The lowest BCUT2D eigenvalue weighted by Gasteiger charge is -2.09. The molecule has 0 unspecified atom stereocenters. The number of anilines is 2. The molecule has 0 bridgehead atoms. The number of benzene rings is 1. The van der Waals surface area contributed by atoms with Gasteiger partial charge >= 0.3 is 0 Å². The van der Waals surface area contributed by atoms with Crippen LogP contribution < -0.4 is 11.1 Å². The molecule has 4 nitrogen and oxygen atoms in total. The summed E-state index contributed by atoms with van der Waals surface area (Å²) < 4.78 is 27.9. The molecule has 1 aromatic carbocycles. The van der Waals surface area contributed by atoms with Crippen molar-refractivity contribution in [2.24, 2.45) is 0 Å². The van der Waals surface area contributed by atoms with Crippen LogP contribution in [0.4, 0.5) is 20.2 Å². The molecule has 2 rings (SSSR count). The number of pyridine rings is 1. The zero-order valence-corrected chi connectivity index (χ0v) is 12.0. The van der Waals surface area contributed by atoms with Gasteiger partial charge in [-0.15, -0.1) is 0 Å². The highest BCUT2D eigenvalue weighted by Crippen LogP contribution is 2.21. The van der Waals surface area contributed by atoms with Crippen molar-refractivity contribution >= 4 is 33.2 Å². The van der Waals surface area contributed by atoms with Gasteiger partial charge in [-0.1, -0.05) is 0 Å². The van der Waals surface area contributed by atoms with Crippen LogP contribution in [0.15, 0.2) is 29.0 Å². The normalized spacial score (nSPS) is 10.4. The van der Waals surface area contributed by atoms with Crippen molar-refractivity contribution < 1.29 is 13.6 Å². The molecule has 1 aromatic heterocycles. The monoisotopic (exact) mass is 341 g/mol. The number of aromatic nitrogens is 1. The van der Waals surface area contributed by atoms with Crippen molar-refractivity contribution in [3.63, 3.8) is 0 Å². The number of aryl methyl sites for hydroxylation is 1. The van der Waals surface area contributed by atoms with Gasteiger partial charge < -0.3 is 11.1 Å². The Morgan fingerprint density at radius 2 is 2.10 bits per heavy atom. The maximum absolute atomic E-state index is 13.7.